The van der Waals surface area contributed by atoms with E-state index in [9.17, 15) is 0 Å². The van der Waals surface area contributed by atoms with Gasteiger partial charge in [-0.05, 0) is 56.8 Å². The molecule has 0 aliphatic heterocycles. The summed E-state index contributed by atoms with van der Waals surface area (Å²) in [6, 6.07) is 0.798. The average Bonchev–Trinajstić information content (AvgIpc) is 3.30. The highest BCUT2D eigenvalue weighted by molar-refractivity contribution is 4.92. The lowest BCUT2D eigenvalue weighted by Crippen LogP contribution is -2.47. The first-order chi connectivity index (χ1) is 10.2. The summed E-state index contributed by atoms with van der Waals surface area (Å²) in [6.07, 6.45) is 13.4. The van der Waals surface area contributed by atoms with Crippen LogP contribution in [0.2, 0.25) is 0 Å². The molecule has 2 nitrogen and oxygen atoms in total. The van der Waals surface area contributed by atoms with Crippen LogP contribution in [-0.2, 0) is 4.74 Å². The van der Waals surface area contributed by atoms with Gasteiger partial charge in [-0.25, -0.2) is 0 Å². The fourth-order valence-electron chi connectivity index (χ4n) is 3.79. The van der Waals surface area contributed by atoms with E-state index in [2.05, 4.69) is 26.1 Å². The molecule has 0 heterocycles. The molecule has 0 bridgehead atoms. The number of ether oxygens (including phenoxy) is 1. The SMILES string of the molecule is CCCC(C)COC1(CNC2CC2)CCC(CCC)CC1. The minimum atomic E-state index is 0.148. The third-order valence-corrected chi connectivity index (χ3v) is 5.46. The van der Waals surface area contributed by atoms with Gasteiger partial charge in [-0.15, -0.1) is 0 Å². The summed E-state index contributed by atoms with van der Waals surface area (Å²) in [5, 5.41) is 3.74. The van der Waals surface area contributed by atoms with Crippen LogP contribution in [0.1, 0.15) is 85.0 Å². The van der Waals surface area contributed by atoms with Crippen LogP contribution in [0, 0.1) is 11.8 Å². The average molecular weight is 296 g/mol. The normalized spacial score (nSPS) is 31.3. The van der Waals surface area contributed by atoms with Crippen molar-refractivity contribution >= 4 is 0 Å². The number of nitrogens with one attached hydrogen (secondary N) is 1. The molecule has 0 aromatic rings. The Kier molecular flexibility index (Phi) is 7.01. The largest absolute Gasteiger partial charge is 0.373 e. The van der Waals surface area contributed by atoms with E-state index in [0.717, 1.165) is 25.1 Å². The highest BCUT2D eigenvalue weighted by atomic mass is 16.5. The van der Waals surface area contributed by atoms with Gasteiger partial charge < -0.3 is 10.1 Å². The molecule has 1 atom stereocenters. The zero-order valence-electron chi connectivity index (χ0n) is 14.6. The van der Waals surface area contributed by atoms with E-state index in [4.69, 9.17) is 4.74 Å². The van der Waals surface area contributed by atoms with Crippen molar-refractivity contribution in [3.63, 3.8) is 0 Å². The van der Waals surface area contributed by atoms with E-state index < -0.39 is 0 Å². The molecule has 2 fully saturated rings. The zero-order chi connectivity index (χ0) is 15.1. The summed E-state index contributed by atoms with van der Waals surface area (Å²) in [6.45, 7) is 8.98. The Morgan fingerprint density at radius 2 is 1.81 bits per heavy atom. The molecule has 1 N–H and O–H groups in total. The first-order valence-corrected chi connectivity index (χ1v) is 9.54. The second-order valence-corrected chi connectivity index (χ2v) is 7.78. The van der Waals surface area contributed by atoms with Crippen molar-refractivity contribution < 1.29 is 4.74 Å². The van der Waals surface area contributed by atoms with Gasteiger partial charge in [-0.3, -0.25) is 0 Å². The van der Waals surface area contributed by atoms with Crippen molar-refractivity contribution in [3.8, 4) is 0 Å². The lowest BCUT2D eigenvalue weighted by molar-refractivity contribution is -0.0884. The number of hydrogen-bond donors (Lipinski definition) is 1. The second kappa shape index (κ2) is 8.53. The minimum absolute atomic E-state index is 0.148. The molecule has 0 amide bonds. The van der Waals surface area contributed by atoms with Crippen molar-refractivity contribution in [2.45, 2.75) is 96.6 Å². The Bertz CT molecular complexity index is 279. The summed E-state index contributed by atoms with van der Waals surface area (Å²) in [7, 11) is 0. The van der Waals surface area contributed by atoms with E-state index in [1.807, 2.05) is 0 Å². The molecule has 21 heavy (non-hydrogen) atoms. The predicted molar refractivity (Wildman–Crippen MR) is 90.6 cm³/mol. The van der Waals surface area contributed by atoms with Crippen LogP contribution in [-0.4, -0.2) is 24.8 Å². The van der Waals surface area contributed by atoms with Gasteiger partial charge >= 0.3 is 0 Å². The maximum Gasteiger partial charge on any atom is 0.0806 e. The van der Waals surface area contributed by atoms with E-state index >= 15 is 0 Å². The Hall–Kier alpha value is -0.0800. The summed E-state index contributed by atoms with van der Waals surface area (Å²) in [5.41, 5.74) is 0.148. The van der Waals surface area contributed by atoms with Crippen molar-refractivity contribution in [1.29, 1.82) is 0 Å². The van der Waals surface area contributed by atoms with Crippen molar-refractivity contribution in [3.05, 3.63) is 0 Å². The molecule has 2 aliphatic carbocycles. The molecule has 2 heteroatoms. The van der Waals surface area contributed by atoms with Crippen LogP contribution >= 0.6 is 0 Å². The second-order valence-electron chi connectivity index (χ2n) is 7.78. The molecule has 0 saturated heterocycles. The monoisotopic (exact) mass is 295 g/mol. The summed E-state index contributed by atoms with van der Waals surface area (Å²) < 4.78 is 6.53. The van der Waals surface area contributed by atoms with Gasteiger partial charge in [0.25, 0.3) is 0 Å². The molecular formula is C19H37NO. The lowest BCUT2D eigenvalue weighted by atomic mass is 9.77. The topological polar surface area (TPSA) is 21.3 Å². The highest BCUT2D eigenvalue weighted by Gasteiger charge is 2.37. The third-order valence-electron chi connectivity index (χ3n) is 5.46. The Labute approximate surface area is 132 Å². The molecule has 2 saturated carbocycles. The number of rotatable bonds is 10. The first kappa shape index (κ1) is 17.3. The molecule has 0 aromatic carbocycles. The van der Waals surface area contributed by atoms with Crippen LogP contribution in [0.5, 0.6) is 0 Å². The standard InChI is InChI=1S/C19H37NO/c1-4-6-16(3)14-21-19(15-20-18-8-9-18)12-10-17(7-5-2)11-13-19/h16-18,20H,4-15H2,1-3H3. The summed E-state index contributed by atoms with van der Waals surface area (Å²) in [4.78, 5) is 0. The van der Waals surface area contributed by atoms with Gasteiger partial charge in [0, 0.05) is 19.2 Å². The quantitative estimate of drug-likeness (QED) is 0.617. The molecular weight excluding hydrogens is 258 g/mol. The van der Waals surface area contributed by atoms with Crippen molar-refractivity contribution in [2.24, 2.45) is 11.8 Å². The Morgan fingerprint density at radius 3 is 2.38 bits per heavy atom. The van der Waals surface area contributed by atoms with E-state index in [1.165, 1.54) is 64.2 Å². The maximum atomic E-state index is 6.53. The molecule has 0 aromatic heterocycles. The smallest absolute Gasteiger partial charge is 0.0806 e. The molecule has 0 spiro atoms. The highest BCUT2D eigenvalue weighted by Crippen LogP contribution is 2.37. The third kappa shape index (κ3) is 5.90. The summed E-state index contributed by atoms with van der Waals surface area (Å²) in [5.74, 6) is 1.67. The summed E-state index contributed by atoms with van der Waals surface area (Å²) >= 11 is 0. The fraction of sp³-hybridized carbons (Fsp3) is 1.00. The van der Waals surface area contributed by atoms with Gasteiger partial charge in [-0.2, -0.15) is 0 Å². The Morgan fingerprint density at radius 1 is 1.10 bits per heavy atom. The maximum absolute atomic E-state index is 6.53. The molecule has 2 aliphatic rings. The fourth-order valence-corrected chi connectivity index (χ4v) is 3.79. The van der Waals surface area contributed by atoms with Gasteiger partial charge in [0.05, 0.1) is 5.60 Å². The van der Waals surface area contributed by atoms with Gasteiger partial charge in [0.2, 0.25) is 0 Å². The van der Waals surface area contributed by atoms with E-state index in [-0.39, 0.29) is 5.60 Å². The van der Waals surface area contributed by atoms with Crippen LogP contribution in [0.4, 0.5) is 0 Å². The molecule has 0 radical (unpaired) electrons. The number of hydrogen-bond acceptors (Lipinski definition) is 2. The molecule has 1 unspecified atom stereocenters. The lowest BCUT2D eigenvalue weighted by Gasteiger charge is -2.41. The van der Waals surface area contributed by atoms with Gasteiger partial charge in [-0.1, -0.05) is 40.0 Å². The van der Waals surface area contributed by atoms with Crippen LogP contribution < -0.4 is 5.32 Å². The van der Waals surface area contributed by atoms with Gasteiger partial charge in [0.15, 0.2) is 0 Å². The molecule has 124 valence electrons. The molecule has 2 rings (SSSR count). The van der Waals surface area contributed by atoms with Gasteiger partial charge in [0.1, 0.15) is 0 Å². The van der Waals surface area contributed by atoms with Crippen molar-refractivity contribution in [1.82, 2.24) is 5.32 Å². The van der Waals surface area contributed by atoms with Crippen LogP contribution in [0.15, 0.2) is 0 Å². The van der Waals surface area contributed by atoms with E-state index in [0.29, 0.717) is 5.92 Å². The zero-order valence-corrected chi connectivity index (χ0v) is 14.6. The first-order valence-electron chi connectivity index (χ1n) is 9.54. The van der Waals surface area contributed by atoms with E-state index in [1.54, 1.807) is 0 Å². The Balaban J connectivity index is 1.81. The van der Waals surface area contributed by atoms with Crippen molar-refractivity contribution in [2.75, 3.05) is 13.2 Å². The van der Waals surface area contributed by atoms with Crippen LogP contribution in [0.25, 0.3) is 0 Å². The minimum Gasteiger partial charge on any atom is -0.373 e. The predicted octanol–water partition coefficient (Wildman–Crippen LogP) is 4.92. The van der Waals surface area contributed by atoms with Crippen LogP contribution in [0.3, 0.4) is 0 Å².